The van der Waals surface area contributed by atoms with Gasteiger partial charge in [-0.25, -0.2) is 0 Å². The minimum atomic E-state index is -0.209. The molecule has 0 aliphatic heterocycles. The predicted octanol–water partition coefficient (Wildman–Crippen LogP) is 1.17. The Hall–Kier alpha value is 0.170. The Labute approximate surface area is 77.9 Å². The highest BCUT2D eigenvalue weighted by Gasteiger charge is 2.09. The Morgan fingerprint density at radius 1 is 1.64 bits per heavy atom. The van der Waals surface area contributed by atoms with Gasteiger partial charge in [-0.15, -0.1) is 0 Å². The van der Waals surface area contributed by atoms with Crippen molar-refractivity contribution >= 4 is 30.3 Å². The molecule has 0 saturated carbocycles. The molecule has 0 fully saturated rings. The highest BCUT2D eigenvalue weighted by molar-refractivity contribution is 7.98. The van der Waals surface area contributed by atoms with Gasteiger partial charge in [0.25, 0.3) is 0 Å². The van der Waals surface area contributed by atoms with Crippen molar-refractivity contribution < 1.29 is 4.79 Å². The van der Waals surface area contributed by atoms with E-state index >= 15 is 0 Å². The summed E-state index contributed by atoms with van der Waals surface area (Å²) in [6, 6.07) is 0.243. The molecule has 4 heteroatoms. The van der Waals surface area contributed by atoms with Gasteiger partial charge in [-0.3, -0.25) is 4.79 Å². The maximum Gasteiger partial charge on any atom is 0.232 e. The van der Waals surface area contributed by atoms with Crippen LogP contribution in [0.5, 0.6) is 0 Å². The Kier molecular flexibility index (Phi) is 5.86. The van der Waals surface area contributed by atoms with Crippen LogP contribution in [0.3, 0.4) is 0 Å². The van der Waals surface area contributed by atoms with E-state index in [-0.39, 0.29) is 17.2 Å². The zero-order valence-corrected chi connectivity index (χ0v) is 8.84. The number of carbonyl (C=O) groups is 1. The molecule has 0 aliphatic carbocycles. The van der Waals surface area contributed by atoms with Crippen molar-refractivity contribution in [2.24, 2.45) is 0 Å². The first kappa shape index (κ1) is 11.2. The van der Waals surface area contributed by atoms with Gasteiger partial charge in [0.05, 0.1) is 5.25 Å². The number of hydrogen-bond acceptors (Lipinski definition) is 3. The van der Waals surface area contributed by atoms with Crippen molar-refractivity contribution in [2.75, 3.05) is 12.0 Å². The third kappa shape index (κ3) is 5.44. The van der Waals surface area contributed by atoms with Crippen molar-refractivity contribution in [1.82, 2.24) is 5.32 Å². The molecule has 66 valence electrons. The quantitative estimate of drug-likeness (QED) is 0.656. The summed E-state index contributed by atoms with van der Waals surface area (Å²) in [6.07, 6.45) is 2.02. The second-order valence-electron chi connectivity index (χ2n) is 2.54. The lowest BCUT2D eigenvalue weighted by molar-refractivity contribution is -0.120. The fourth-order valence-electron chi connectivity index (χ4n) is 0.655. The summed E-state index contributed by atoms with van der Waals surface area (Å²) in [7, 11) is 0. The first-order chi connectivity index (χ1) is 5.07. The van der Waals surface area contributed by atoms with Crippen LogP contribution in [0.2, 0.25) is 0 Å². The van der Waals surface area contributed by atoms with Crippen molar-refractivity contribution in [2.45, 2.75) is 25.1 Å². The van der Waals surface area contributed by atoms with Gasteiger partial charge in [0.2, 0.25) is 5.91 Å². The standard InChI is InChI=1S/C7H15NOS2/c1-5(4-11-3)8-7(9)6(2)10/h5-6,10H,4H2,1-3H3,(H,8,9). The second-order valence-corrected chi connectivity index (χ2v) is 4.23. The average molecular weight is 193 g/mol. The van der Waals surface area contributed by atoms with Crippen molar-refractivity contribution in [1.29, 1.82) is 0 Å². The Morgan fingerprint density at radius 2 is 2.18 bits per heavy atom. The maximum absolute atomic E-state index is 11.0. The molecule has 0 bridgehead atoms. The SMILES string of the molecule is CSCC(C)NC(=O)C(C)S. The van der Waals surface area contributed by atoms with E-state index < -0.39 is 0 Å². The maximum atomic E-state index is 11.0. The highest BCUT2D eigenvalue weighted by atomic mass is 32.2. The molecule has 2 unspecified atom stereocenters. The number of carbonyl (C=O) groups excluding carboxylic acids is 1. The zero-order valence-electron chi connectivity index (χ0n) is 7.13. The van der Waals surface area contributed by atoms with Gasteiger partial charge in [-0.05, 0) is 20.1 Å². The topological polar surface area (TPSA) is 29.1 Å². The van der Waals surface area contributed by atoms with Gasteiger partial charge < -0.3 is 5.32 Å². The number of thioether (sulfide) groups is 1. The number of amides is 1. The van der Waals surface area contributed by atoms with Crippen LogP contribution >= 0.6 is 24.4 Å². The van der Waals surface area contributed by atoms with E-state index in [1.165, 1.54) is 0 Å². The van der Waals surface area contributed by atoms with Gasteiger partial charge in [0.15, 0.2) is 0 Å². The van der Waals surface area contributed by atoms with Crippen molar-refractivity contribution in [3.63, 3.8) is 0 Å². The molecule has 0 aromatic heterocycles. The van der Waals surface area contributed by atoms with Crippen molar-refractivity contribution in [3.8, 4) is 0 Å². The van der Waals surface area contributed by atoms with Crippen LogP contribution in [0.4, 0.5) is 0 Å². The summed E-state index contributed by atoms with van der Waals surface area (Å²) in [5.41, 5.74) is 0. The fourth-order valence-corrected chi connectivity index (χ4v) is 1.31. The molecular formula is C7H15NOS2. The van der Waals surface area contributed by atoms with E-state index in [1.807, 2.05) is 13.2 Å². The molecule has 0 rings (SSSR count). The lowest BCUT2D eigenvalue weighted by Crippen LogP contribution is -2.38. The Morgan fingerprint density at radius 3 is 2.55 bits per heavy atom. The summed E-state index contributed by atoms with van der Waals surface area (Å²) in [5.74, 6) is 0.960. The third-order valence-electron chi connectivity index (χ3n) is 1.18. The molecule has 1 amide bonds. The molecule has 2 atom stereocenters. The van der Waals surface area contributed by atoms with Gasteiger partial charge in [-0.1, -0.05) is 0 Å². The summed E-state index contributed by atoms with van der Waals surface area (Å²) in [4.78, 5) is 11.0. The van der Waals surface area contributed by atoms with Gasteiger partial charge >= 0.3 is 0 Å². The number of nitrogens with one attached hydrogen (secondary N) is 1. The first-order valence-corrected chi connectivity index (χ1v) is 5.46. The van der Waals surface area contributed by atoms with Gasteiger partial charge in [-0.2, -0.15) is 24.4 Å². The number of hydrogen-bond donors (Lipinski definition) is 2. The van der Waals surface area contributed by atoms with E-state index in [1.54, 1.807) is 18.7 Å². The van der Waals surface area contributed by atoms with Crippen LogP contribution in [-0.4, -0.2) is 29.2 Å². The zero-order chi connectivity index (χ0) is 8.85. The largest absolute Gasteiger partial charge is 0.352 e. The lowest BCUT2D eigenvalue weighted by Gasteiger charge is -2.13. The van der Waals surface area contributed by atoms with Crippen LogP contribution < -0.4 is 5.32 Å². The van der Waals surface area contributed by atoms with Crippen LogP contribution in [0.25, 0.3) is 0 Å². The summed E-state index contributed by atoms with van der Waals surface area (Å²) in [5, 5.41) is 2.64. The van der Waals surface area contributed by atoms with Gasteiger partial charge in [0.1, 0.15) is 0 Å². The molecule has 0 aromatic carbocycles. The van der Waals surface area contributed by atoms with Crippen molar-refractivity contribution in [3.05, 3.63) is 0 Å². The second kappa shape index (κ2) is 5.77. The Bertz CT molecular complexity index is 128. The summed E-state index contributed by atoms with van der Waals surface area (Å²) >= 11 is 5.74. The summed E-state index contributed by atoms with van der Waals surface area (Å²) in [6.45, 7) is 3.76. The fraction of sp³-hybridized carbons (Fsp3) is 0.857. The van der Waals surface area contributed by atoms with Gasteiger partial charge in [0, 0.05) is 11.8 Å². The minimum absolute atomic E-state index is 0.00915. The van der Waals surface area contributed by atoms with E-state index in [9.17, 15) is 4.79 Å². The molecule has 0 heterocycles. The number of rotatable bonds is 4. The molecule has 11 heavy (non-hydrogen) atoms. The summed E-state index contributed by atoms with van der Waals surface area (Å²) < 4.78 is 0. The molecule has 0 radical (unpaired) electrons. The predicted molar refractivity (Wildman–Crippen MR) is 54.4 cm³/mol. The molecule has 0 saturated heterocycles. The molecule has 0 aromatic rings. The molecule has 0 spiro atoms. The van der Waals surface area contributed by atoms with Crippen LogP contribution in [0.15, 0.2) is 0 Å². The van der Waals surface area contributed by atoms with E-state index in [2.05, 4.69) is 17.9 Å². The number of thiol groups is 1. The molecular weight excluding hydrogens is 178 g/mol. The highest BCUT2D eigenvalue weighted by Crippen LogP contribution is 1.98. The molecule has 0 aliphatic rings. The van der Waals surface area contributed by atoms with E-state index in [4.69, 9.17) is 0 Å². The van der Waals surface area contributed by atoms with E-state index in [0.29, 0.717) is 0 Å². The van der Waals surface area contributed by atoms with Crippen LogP contribution in [-0.2, 0) is 4.79 Å². The Balaban J connectivity index is 3.57. The van der Waals surface area contributed by atoms with E-state index in [0.717, 1.165) is 5.75 Å². The lowest BCUT2D eigenvalue weighted by atomic mass is 10.3. The minimum Gasteiger partial charge on any atom is -0.352 e. The molecule has 2 nitrogen and oxygen atoms in total. The monoisotopic (exact) mass is 193 g/mol. The van der Waals surface area contributed by atoms with Crippen LogP contribution in [0, 0.1) is 0 Å². The first-order valence-electron chi connectivity index (χ1n) is 3.55. The smallest absolute Gasteiger partial charge is 0.232 e. The molecule has 1 N–H and O–H groups in total. The average Bonchev–Trinajstić information content (AvgIpc) is 1.87. The van der Waals surface area contributed by atoms with Crippen LogP contribution in [0.1, 0.15) is 13.8 Å². The normalized spacial score (nSPS) is 15.6. The third-order valence-corrected chi connectivity index (χ3v) is 2.25.